The average molecular weight is 459 g/mol. The van der Waals surface area contributed by atoms with Crippen LogP contribution < -0.4 is 9.80 Å². The zero-order chi connectivity index (χ0) is 23.1. The van der Waals surface area contributed by atoms with Crippen LogP contribution in [0, 0.1) is 35.8 Å². The molecule has 2 heterocycles. The first-order chi connectivity index (χ1) is 14.4. The van der Waals surface area contributed by atoms with E-state index in [9.17, 15) is 32.0 Å². The van der Waals surface area contributed by atoms with E-state index >= 15 is 0 Å². The third-order valence-electron chi connectivity index (χ3n) is 5.04. The third-order valence-corrected chi connectivity index (χ3v) is 5.38. The molecule has 0 N–H and O–H groups in total. The number of nitrogens with zero attached hydrogens (tertiary/aromatic N) is 4. The molecule has 2 aromatic rings. The predicted molar refractivity (Wildman–Crippen MR) is 104 cm³/mol. The molecule has 1 fully saturated rings. The normalized spacial score (nSPS) is 18.7. The van der Waals surface area contributed by atoms with Gasteiger partial charge >= 0.3 is 6.18 Å². The minimum absolute atomic E-state index is 0.00714. The van der Waals surface area contributed by atoms with Crippen molar-refractivity contribution in [1.29, 1.82) is 5.26 Å². The van der Waals surface area contributed by atoms with Gasteiger partial charge in [0.2, 0.25) is 5.91 Å². The van der Waals surface area contributed by atoms with Gasteiger partial charge in [-0.25, -0.2) is 13.8 Å². The summed E-state index contributed by atoms with van der Waals surface area (Å²) in [6, 6.07) is 4.54. The Labute approximate surface area is 179 Å². The second kappa shape index (κ2) is 8.30. The van der Waals surface area contributed by atoms with Gasteiger partial charge in [0.25, 0.3) is 0 Å². The number of aromatic nitrogens is 1. The highest BCUT2D eigenvalue weighted by Crippen LogP contribution is 2.36. The summed E-state index contributed by atoms with van der Waals surface area (Å²) < 4.78 is 67.6. The Morgan fingerprint density at radius 1 is 1.32 bits per heavy atom. The van der Waals surface area contributed by atoms with Crippen LogP contribution in [0.3, 0.4) is 0 Å². The van der Waals surface area contributed by atoms with Crippen LogP contribution in [0.15, 0.2) is 24.3 Å². The van der Waals surface area contributed by atoms with E-state index in [0.29, 0.717) is 0 Å². The zero-order valence-electron chi connectivity index (χ0n) is 16.3. The number of benzene rings is 1. The Morgan fingerprint density at radius 3 is 2.61 bits per heavy atom. The maximum absolute atomic E-state index is 14.4. The molecule has 0 spiro atoms. The first-order valence-corrected chi connectivity index (χ1v) is 9.45. The van der Waals surface area contributed by atoms with Crippen molar-refractivity contribution in [2.24, 2.45) is 5.92 Å². The summed E-state index contributed by atoms with van der Waals surface area (Å²) in [7, 11) is 1.23. The van der Waals surface area contributed by atoms with E-state index < -0.39 is 46.3 Å². The van der Waals surface area contributed by atoms with Crippen LogP contribution in [0.2, 0.25) is 5.02 Å². The highest BCUT2D eigenvalue weighted by molar-refractivity contribution is 6.31. The molecule has 1 aliphatic rings. The van der Waals surface area contributed by atoms with Gasteiger partial charge < -0.3 is 9.80 Å². The highest BCUT2D eigenvalue weighted by atomic mass is 35.5. The van der Waals surface area contributed by atoms with Crippen molar-refractivity contribution < 1.29 is 26.7 Å². The monoisotopic (exact) mass is 458 g/mol. The van der Waals surface area contributed by atoms with Crippen molar-refractivity contribution in [2.45, 2.75) is 25.6 Å². The molecular weight excluding hydrogens is 443 g/mol. The van der Waals surface area contributed by atoms with E-state index in [1.807, 2.05) is 6.07 Å². The van der Waals surface area contributed by atoms with Crippen molar-refractivity contribution in [3.63, 3.8) is 0 Å². The van der Waals surface area contributed by atoms with Gasteiger partial charge in [0.15, 0.2) is 5.82 Å². The van der Waals surface area contributed by atoms with E-state index in [2.05, 4.69) is 4.98 Å². The second-order valence-corrected chi connectivity index (χ2v) is 7.55. The number of rotatable bonds is 3. The molecule has 0 aliphatic carbocycles. The molecule has 1 aliphatic heterocycles. The molecule has 5 nitrogen and oxygen atoms in total. The largest absolute Gasteiger partial charge is 0.416 e. The van der Waals surface area contributed by atoms with E-state index in [4.69, 9.17) is 11.6 Å². The Kier molecular flexibility index (Phi) is 6.09. The van der Waals surface area contributed by atoms with Gasteiger partial charge in [0, 0.05) is 19.3 Å². The Morgan fingerprint density at radius 2 is 2.00 bits per heavy atom. The van der Waals surface area contributed by atoms with Crippen molar-refractivity contribution >= 4 is 29.0 Å². The second-order valence-electron chi connectivity index (χ2n) is 7.17. The SMILES string of the molecule is Cc1cc(C(F)(F)F)cc(N2C[C@@H](C#N)C[C@H]2C(=O)N(C)c2ccc(F)c(Cl)c2F)n1. The number of pyridine rings is 1. The van der Waals surface area contributed by atoms with Crippen molar-refractivity contribution in [1.82, 2.24) is 4.98 Å². The topological polar surface area (TPSA) is 60.2 Å². The quantitative estimate of drug-likeness (QED) is 0.493. The van der Waals surface area contributed by atoms with Gasteiger partial charge in [-0.3, -0.25) is 4.79 Å². The summed E-state index contributed by atoms with van der Waals surface area (Å²) in [5, 5.41) is 8.53. The standard InChI is InChI=1S/C20H16ClF5N4O/c1-10-5-12(20(24,25)26)7-16(28-10)30-9-11(8-27)6-15(30)19(31)29(2)14-4-3-13(22)17(21)18(14)23/h3-5,7,11,15H,6,9H2,1-2H3/t11-,15+/m1/s1. The lowest BCUT2D eigenvalue weighted by atomic mass is 10.1. The third kappa shape index (κ3) is 4.42. The van der Waals surface area contributed by atoms with Gasteiger partial charge in [-0.15, -0.1) is 0 Å². The predicted octanol–water partition coefficient (Wildman–Crippen LogP) is 4.72. The maximum atomic E-state index is 14.4. The summed E-state index contributed by atoms with van der Waals surface area (Å²) in [5.41, 5.74) is -1.16. The minimum atomic E-state index is -4.62. The van der Waals surface area contributed by atoms with E-state index in [1.54, 1.807) is 0 Å². The zero-order valence-corrected chi connectivity index (χ0v) is 17.1. The maximum Gasteiger partial charge on any atom is 0.416 e. The molecule has 0 unspecified atom stereocenters. The molecule has 2 atom stereocenters. The molecule has 0 saturated carbocycles. The van der Waals surface area contributed by atoms with Crippen LogP contribution in [0.25, 0.3) is 0 Å². The number of halogens is 6. The van der Waals surface area contributed by atoms with Crippen LogP contribution in [-0.4, -0.2) is 30.5 Å². The van der Waals surface area contributed by atoms with E-state index in [0.717, 1.165) is 29.2 Å². The minimum Gasteiger partial charge on any atom is -0.343 e. The number of aryl methyl sites for hydroxylation is 1. The lowest BCUT2D eigenvalue weighted by molar-refractivity contribution is -0.137. The van der Waals surface area contributed by atoms with Gasteiger partial charge in [0.1, 0.15) is 22.7 Å². The molecular formula is C20H16ClF5N4O. The molecule has 1 aromatic carbocycles. The molecule has 164 valence electrons. The summed E-state index contributed by atoms with van der Waals surface area (Å²) in [5.74, 6) is -3.61. The lowest BCUT2D eigenvalue weighted by Crippen LogP contribution is -2.45. The van der Waals surface area contributed by atoms with Gasteiger partial charge in [0.05, 0.1) is 23.2 Å². The fourth-order valence-electron chi connectivity index (χ4n) is 3.50. The number of anilines is 2. The fourth-order valence-corrected chi connectivity index (χ4v) is 3.66. The number of carbonyl (C=O) groups is 1. The van der Waals surface area contributed by atoms with Gasteiger partial charge in [-0.2, -0.15) is 18.4 Å². The first kappa shape index (κ1) is 22.7. The van der Waals surface area contributed by atoms with Crippen LogP contribution in [0.4, 0.5) is 33.5 Å². The van der Waals surface area contributed by atoms with Crippen molar-refractivity contribution in [2.75, 3.05) is 23.4 Å². The molecule has 1 aromatic heterocycles. The lowest BCUT2D eigenvalue weighted by Gasteiger charge is -2.29. The van der Waals surface area contributed by atoms with E-state index in [-0.39, 0.29) is 30.2 Å². The van der Waals surface area contributed by atoms with Crippen molar-refractivity contribution in [3.05, 3.63) is 52.2 Å². The Hall–Kier alpha value is -2.93. The molecule has 1 amide bonds. The number of likely N-dealkylation sites (N-methyl/N-ethyl adjacent to an activating group) is 1. The van der Waals surface area contributed by atoms with Gasteiger partial charge in [-0.1, -0.05) is 11.6 Å². The smallest absolute Gasteiger partial charge is 0.343 e. The first-order valence-electron chi connectivity index (χ1n) is 9.07. The molecule has 11 heteroatoms. The number of carbonyl (C=O) groups excluding carboxylic acids is 1. The number of amides is 1. The Balaban J connectivity index is 2.00. The fraction of sp³-hybridized carbons (Fsp3) is 0.350. The summed E-state index contributed by atoms with van der Waals surface area (Å²) >= 11 is 5.58. The number of hydrogen-bond donors (Lipinski definition) is 0. The van der Waals surface area contributed by atoms with Crippen molar-refractivity contribution in [3.8, 4) is 6.07 Å². The van der Waals surface area contributed by atoms with Crippen LogP contribution in [0.1, 0.15) is 17.7 Å². The number of alkyl halides is 3. The molecule has 0 bridgehead atoms. The Bertz CT molecular complexity index is 1070. The summed E-state index contributed by atoms with van der Waals surface area (Å²) in [6.07, 6.45) is -4.62. The van der Waals surface area contributed by atoms with E-state index in [1.165, 1.54) is 18.9 Å². The number of nitriles is 1. The number of hydrogen-bond acceptors (Lipinski definition) is 4. The van der Waals surface area contributed by atoms with Crippen LogP contribution in [0.5, 0.6) is 0 Å². The van der Waals surface area contributed by atoms with Gasteiger partial charge in [-0.05, 0) is 37.6 Å². The molecule has 0 radical (unpaired) electrons. The summed E-state index contributed by atoms with van der Waals surface area (Å²) in [6.45, 7) is 1.36. The summed E-state index contributed by atoms with van der Waals surface area (Å²) in [4.78, 5) is 19.4. The average Bonchev–Trinajstić information content (AvgIpc) is 3.14. The molecule has 3 rings (SSSR count). The molecule has 1 saturated heterocycles. The molecule has 31 heavy (non-hydrogen) atoms. The van der Waals surface area contributed by atoms with Crippen LogP contribution >= 0.6 is 11.6 Å². The highest BCUT2D eigenvalue weighted by Gasteiger charge is 2.41. The van der Waals surface area contributed by atoms with Crippen LogP contribution in [-0.2, 0) is 11.0 Å².